The van der Waals surface area contributed by atoms with Crippen molar-refractivity contribution in [2.24, 2.45) is 5.10 Å². The van der Waals surface area contributed by atoms with Gasteiger partial charge in [-0.05, 0) is 61.2 Å². The molecule has 0 fully saturated rings. The Morgan fingerprint density at radius 3 is 2.56 bits per heavy atom. The van der Waals surface area contributed by atoms with Gasteiger partial charge in [-0.1, -0.05) is 48.5 Å². The summed E-state index contributed by atoms with van der Waals surface area (Å²) in [7, 11) is 0. The van der Waals surface area contributed by atoms with Gasteiger partial charge in [0.15, 0.2) is 5.76 Å². The molecule has 1 aromatic heterocycles. The van der Waals surface area contributed by atoms with Crippen molar-refractivity contribution < 1.29 is 14.0 Å². The second-order valence-electron chi connectivity index (χ2n) is 8.56. The van der Waals surface area contributed by atoms with Crippen molar-refractivity contribution in [1.29, 1.82) is 0 Å². The maximum atomic E-state index is 12.9. The third-order valence-corrected chi connectivity index (χ3v) is 6.13. The van der Waals surface area contributed by atoms with E-state index in [0.717, 1.165) is 57.5 Å². The van der Waals surface area contributed by atoms with E-state index in [2.05, 4.69) is 15.8 Å². The molecule has 1 aliphatic rings. The van der Waals surface area contributed by atoms with Crippen LogP contribution in [-0.4, -0.2) is 17.5 Å². The maximum Gasteiger partial charge on any atom is 0.291 e. The molecular weight excluding hydrogens is 426 g/mol. The lowest BCUT2D eigenvalue weighted by molar-refractivity contribution is 0.0955. The largest absolute Gasteiger partial charge is 0.455 e. The zero-order chi connectivity index (χ0) is 23.7. The number of nitrogens with zero attached hydrogens (tertiary/aromatic N) is 1. The number of hydrogen-bond acceptors (Lipinski definition) is 4. The fraction of sp³-hybridized carbons (Fsp3) is 0.179. The molecule has 0 spiro atoms. The molecule has 5 rings (SSSR count). The van der Waals surface area contributed by atoms with Gasteiger partial charge in [-0.3, -0.25) is 9.59 Å². The van der Waals surface area contributed by atoms with Gasteiger partial charge in [0.05, 0.1) is 5.71 Å². The number of furan rings is 1. The topological polar surface area (TPSA) is 83.7 Å². The Morgan fingerprint density at radius 2 is 1.71 bits per heavy atom. The van der Waals surface area contributed by atoms with Crippen LogP contribution in [0.5, 0.6) is 0 Å². The van der Waals surface area contributed by atoms with E-state index in [9.17, 15) is 9.59 Å². The third kappa shape index (κ3) is 4.10. The summed E-state index contributed by atoms with van der Waals surface area (Å²) in [6.07, 6.45) is 2.26. The van der Waals surface area contributed by atoms with Gasteiger partial charge in [0.25, 0.3) is 11.8 Å². The first kappa shape index (κ1) is 21.6. The molecule has 0 saturated carbocycles. The summed E-state index contributed by atoms with van der Waals surface area (Å²) in [5, 5.41) is 9.25. The van der Waals surface area contributed by atoms with Crippen molar-refractivity contribution in [1.82, 2.24) is 5.43 Å². The van der Waals surface area contributed by atoms with E-state index in [0.29, 0.717) is 12.0 Å². The molecule has 34 heavy (non-hydrogen) atoms. The van der Waals surface area contributed by atoms with E-state index < -0.39 is 0 Å². The molecule has 2 amide bonds. The average Bonchev–Trinajstić information content (AvgIpc) is 3.19. The predicted molar refractivity (Wildman–Crippen MR) is 133 cm³/mol. The Hall–Kier alpha value is -4.19. The van der Waals surface area contributed by atoms with Crippen molar-refractivity contribution in [2.75, 3.05) is 5.32 Å². The number of carbonyl (C=O) groups excluding carboxylic acids is 2. The standard InChI is InChI=1S/C28H25N3O3/c1-17-8-5-11-20(16-17)29-28(33)26-18(2)25-23(14-7-15-24(25)34-26)30-31-27(32)22-13-6-10-19-9-3-4-12-21(19)22/h3-6,8-13,16H,7,14-15H2,1-2H3,(H,29,33)(H,31,32)/b30-23+. The lowest BCUT2D eigenvalue weighted by Crippen LogP contribution is -2.22. The first-order valence-corrected chi connectivity index (χ1v) is 11.4. The molecule has 3 aromatic carbocycles. The highest BCUT2D eigenvalue weighted by atomic mass is 16.4. The van der Waals surface area contributed by atoms with Crippen LogP contribution in [0.4, 0.5) is 5.69 Å². The van der Waals surface area contributed by atoms with Crippen molar-refractivity contribution in [2.45, 2.75) is 33.1 Å². The lowest BCUT2D eigenvalue weighted by atomic mass is 9.93. The zero-order valence-corrected chi connectivity index (χ0v) is 19.1. The lowest BCUT2D eigenvalue weighted by Gasteiger charge is -2.13. The Morgan fingerprint density at radius 1 is 0.912 bits per heavy atom. The van der Waals surface area contributed by atoms with Gasteiger partial charge >= 0.3 is 0 Å². The monoisotopic (exact) mass is 451 g/mol. The minimum Gasteiger partial charge on any atom is -0.455 e. The highest BCUT2D eigenvalue weighted by molar-refractivity contribution is 6.11. The molecule has 6 heteroatoms. The Bertz CT molecular complexity index is 1440. The van der Waals surface area contributed by atoms with Gasteiger partial charge in [0.1, 0.15) is 5.76 Å². The number of fused-ring (bicyclic) bond motifs is 2. The van der Waals surface area contributed by atoms with E-state index in [4.69, 9.17) is 4.42 Å². The highest BCUT2D eigenvalue weighted by Gasteiger charge is 2.28. The molecule has 2 N–H and O–H groups in total. The quantitative estimate of drug-likeness (QED) is 0.386. The number of nitrogens with one attached hydrogen (secondary N) is 2. The first-order valence-electron chi connectivity index (χ1n) is 11.4. The van der Waals surface area contributed by atoms with Gasteiger partial charge < -0.3 is 9.73 Å². The van der Waals surface area contributed by atoms with Gasteiger partial charge in [0.2, 0.25) is 0 Å². The second kappa shape index (κ2) is 8.98. The van der Waals surface area contributed by atoms with Crippen LogP contribution in [0.15, 0.2) is 76.2 Å². The van der Waals surface area contributed by atoms with Gasteiger partial charge in [-0.25, -0.2) is 5.43 Å². The van der Waals surface area contributed by atoms with Crippen LogP contribution in [0.25, 0.3) is 10.8 Å². The molecule has 170 valence electrons. The molecule has 1 heterocycles. The summed E-state index contributed by atoms with van der Waals surface area (Å²) in [5.41, 5.74) is 7.35. The number of hydrogen-bond donors (Lipinski definition) is 2. The van der Waals surface area contributed by atoms with Crippen LogP contribution in [0.2, 0.25) is 0 Å². The summed E-state index contributed by atoms with van der Waals surface area (Å²) in [4.78, 5) is 25.9. The summed E-state index contributed by atoms with van der Waals surface area (Å²) in [6.45, 7) is 3.84. The highest BCUT2D eigenvalue weighted by Crippen LogP contribution is 2.30. The Balaban J connectivity index is 1.41. The molecule has 0 unspecified atom stereocenters. The molecule has 0 bridgehead atoms. The first-order chi connectivity index (χ1) is 16.5. The van der Waals surface area contributed by atoms with Crippen LogP contribution in [-0.2, 0) is 6.42 Å². The number of benzene rings is 3. The Labute approximate surface area is 197 Å². The van der Waals surface area contributed by atoms with E-state index in [1.165, 1.54) is 0 Å². The van der Waals surface area contributed by atoms with Crippen LogP contribution < -0.4 is 10.7 Å². The zero-order valence-electron chi connectivity index (χ0n) is 19.1. The SMILES string of the molecule is Cc1cccc(NC(=O)c2oc3c(c2C)/C(=N/NC(=O)c2cccc4ccccc24)CCC3)c1. The van der Waals surface area contributed by atoms with E-state index in [1.54, 1.807) is 6.07 Å². The van der Waals surface area contributed by atoms with Gasteiger partial charge in [0, 0.05) is 28.8 Å². The summed E-state index contributed by atoms with van der Waals surface area (Å²) in [6, 6.07) is 21.0. The van der Waals surface area contributed by atoms with Gasteiger partial charge in [-0.15, -0.1) is 0 Å². The number of carbonyl (C=O) groups is 2. The van der Waals surface area contributed by atoms with Crippen LogP contribution in [0.1, 0.15) is 56.2 Å². The molecule has 0 saturated heterocycles. The van der Waals surface area contributed by atoms with Crippen LogP contribution >= 0.6 is 0 Å². The van der Waals surface area contributed by atoms with Crippen LogP contribution in [0, 0.1) is 13.8 Å². The molecule has 0 aliphatic heterocycles. The Kier molecular flexibility index (Phi) is 5.72. The normalized spacial score (nSPS) is 14.1. The smallest absolute Gasteiger partial charge is 0.291 e. The molecular formula is C28H25N3O3. The average molecular weight is 452 g/mol. The fourth-order valence-electron chi connectivity index (χ4n) is 4.51. The van der Waals surface area contributed by atoms with Gasteiger partial charge in [-0.2, -0.15) is 5.10 Å². The number of amides is 2. The van der Waals surface area contributed by atoms with Crippen LogP contribution in [0.3, 0.4) is 0 Å². The summed E-state index contributed by atoms with van der Waals surface area (Å²) < 4.78 is 5.97. The number of rotatable bonds is 4. The van der Waals surface area contributed by atoms with Crippen molar-refractivity contribution >= 4 is 34.0 Å². The molecule has 0 radical (unpaired) electrons. The number of aryl methyl sites for hydroxylation is 2. The second-order valence-corrected chi connectivity index (χ2v) is 8.56. The molecule has 0 atom stereocenters. The van der Waals surface area contributed by atoms with E-state index >= 15 is 0 Å². The third-order valence-electron chi connectivity index (χ3n) is 6.13. The molecule has 6 nitrogen and oxygen atoms in total. The van der Waals surface area contributed by atoms with Crippen molar-refractivity contribution in [3.63, 3.8) is 0 Å². The number of anilines is 1. The van der Waals surface area contributed by atoms with E-state index in [-0.39, 0.29) is 17.6 Å². The maximum absolute atomic E-state index is 12.9. The van der Waals surface area contributed by atoms with E-state index in [1.807, 2.05) is 74.5 Å². The minimum absolute atomic E-state index is 0.269. The fourth-order valence-corrected chi connectivity index (χ4v) is 4.51. The number of hydrazone groups is 1. The summed E-state index contributed by atoms with van der Waals surface area (Å²) in [5.74, 6) is 0.449. The molecule has 4 aromatic rings. The predicted octanol–water partition coefficient (Wildman–Crippen LogP) is 5.77. The minimum atomic E-state index is -0.295. The van der Waals surface area contributed by atoms with Crippen molar-refractivity contribution in [3.05, 3.63) is 101 Å². The molecule has 1 aliphatic carbocycles. The summed E-state index contributed by atoms with van der Waals surface area (Å²) >= 11 is 0. The van der Waals surface area contributed by atoms with Crippen molar-refractivity contribution in [3.8, 4) is 0 Å².